The van der Waals surface area contributed by atoms with Gasteiger partial charge in [0.05, 0.1) is 5.69 Å². The first-order valence-electron chi connectivity index (χ1n) is 8.14. The first-order chi connectivity index (χ1) is 10.1. The molecule has 0 radical (unpaired) electrons. The Morgan fingerprint density at radius 2 is 1.90 bits per heavy atom. The fourth-order valence-electron chi connectivity index (χ4n) is 3.01. The normalized spacial score (nSPS) is 20.3. The summed E-state index contributed by atoms with van der Waals surface area (Å²) in [7, 11) is 0. The molecule has 3 rings (SSSR count). The van der Waals surface area contributed by atoms with Crippen LogP contribution in [0.1, 0.15) is 32.3 Å². The molecule has 1 heterocycles. The number of nitrogens with zero attached hydrogens (tertiary/aromatic N) is 2. The second kappa shape index (κ2) is 6.67. The second-order valence-electron chi connectivity index (χ2n) is 6.58. The Hall–Kier alpha value is -0.580. The van der Waals surface area contributed by atoms with Crippen LogP contribution in [0.3, 0.4) is 0 Å². The third kappa shape index (κ3) is 3.99. The van der Waals surface area contributed by atoms with Crippen molar-refractivity contribution >= 4 is 21.6 Å². The minimum Gasteiger partial charge on any atom is -0.368 e. The lowest BCUT2D eigenvalue weighted by atomic mass is 10.1. The Kier molecular flexibility index (Phi) is 4.87. The maximum atomic E-state index is 3.76. The molecule has 0 bridgehead atoms. The summed E-state index contributed by atoms with van der Waals surface area (Å²) in [6.45, 7) is 10.0. The molecule has 1 aromatic rings. The molecule has 3 nitrogen and oxygen atoms in total. The first kappa shape index (κ1) is 15.3. The van der Waals surface area contributed by atoms with Gasteiger partial charge in [-0.1, -0.05) is 19.9 Å². The van der Waals surface area contributed by atoms with Crippen LogP contribution in [0.4, 0.5) is 5.69 Å². The number of hydrogen-bond acceptors (Lipinski definition) is 3. The predicted octanol–water partition coefficient (Wildman–Crippen LogP) is 3.23. The molecular weight excluding hydrogens is 326 g/mol. The zero-order valence-corrected chi connectivity index (χ0v) is 14.7. The van der Waals surface area contributed by atoms with E-state index in [0.717, 1.165) is 25.7 Å². The first-order valence-corrected chi connectivity index (χ1v) is 8.93. The highest BCUT2D eigenvalue weighted by Gasteiger charge is 2.31. The number of rotatable bonds is 5. The summed E-state index contributed by atoms with van der Waals surface area (Å²) < 4.78 is 1.23. The maximum Gasteiger partial charge on any atom is 0.0511 e. The molecule has 1 aliphatic heterocycles. The minimum atomic E-state index is 0.527. The summed E-state index contributed by atoms with van der Waals surface area (Å²) in [5.41, 5.74) is 2.69. The molecule has 0 atom stereocenters. The van der Waals surface area contributed by atoms with Crippen molar-refractivity contribution in [3.63, 3.8) is 0 Å². The fraction of sp³-hybridized carbons (Fsp3) is 0.647. The van der Waals surface area contributed by atoms with Crippen LogP contribution < -0.4 is 10.2 Å². The van der Waals surface area contributed by atoms with Gasteiger partial charge >= 0.3 is 0 Å². The fourth-order valence-corrected chi connectivity index (χ4v) is 3.68. The van der Waals surface area contributed by atoms with Crippen molar-refractivity contribution in [1.29, 1.82) is 0 Å². The smallest absolute Gasteiger partial charge is 0.0511 e. The van der Waals surface area contributed by atoms with Gasteiger partial charge in [-0.2, -0.15) is 0 Å². The number of hydrogen-bond donors (Lipinski definition) is 1. The molecule has 1 aromatic carbocycles. The minimum absolute atomic E-state index is 0.527. The molecule has 4 heteroatoms. The van der Waals surface area contributed by atoms with Gasteiger partial charge in [-0.05, 0) is 46.5 Å². The third-order valence-electron chi connectivity index (χ3n) is 4.44. The molecule has 1 N–H and O–H groups in total. The largest absolute Gasteiger partial charge is 0.368 e. The van der Waals surface area contributed by atoms with E-state index in [-0.39, 0.29) is 0 Å². The van der Waals surface area contributed by atoms with Crippen LogP contribution in [0.2, 0.25) is 0 Å². The Balaban J connectivity index is 1.60. The molecule has 116 valence electrons. The van der Waals surface area contributed by atoms with Crippen LogP contribution >= 0.6 is 15.9 Å². The summed E-state index contributed by atoms with van der Waals surface area (Å²) in [5.74, 6) is 0. The lowest BCUT2D eigenvalue weighted by Gasteiger charge is -2.36. The highest BCUT2D eigenvalue weighted by Crippen LogP contribution is 2.31. The SMILES string of the molecule is CC(C)NCc1ccc(N2CCN(C3CC3)CC2)c(Br)c1. The number of nitrogens with one attached hydrogen (secondary N) is 1. The van der Waals surface area contributed by atoms with Gasteiger partial charge in [-0.3, -0.25) is 4.90 Å². The lowest BCUT2D eigenvalue weighted by molar-refractivity contribution is 0.248. The van der Waals surface area contributed by atoms with Crippen LogP contribution in [-0.2, 0) is 6.54 Å². The lowest BCUT2D eigenvalue weighted by Crippen LogP contribution is -2.47. The number of piperazine rings is 1. The quantitative estimate of drug-likeness (QED) is 0.878. The summed E-state index contributed by atoms with van der Waals surface area (Å²) in [6.07, 6.45) is 2.84. The molecule has 2 aliphatic rings. The molecular formula is C17H26BrN3. The summed E-state index contributed by atoms with van der Waals surface area (Å²) in [5, 5.41) is 3.47. The highest BCUT2D eigenvalue weighted by atomic mass is 79.9. The van der Waals surface area contributed by atoms with Crippen LogP contribution in [0, 0.1) is 0 Å². The van der Waals surface area contributed by atoms with Gasteiger partial charge in [0.15, 0.2) is 0 Å². The molecule has 0 spiro atoms. The van der Waals surface area contributed by atoms with E-state index in [2.05, 4.69) is 63.1 Å². The van der Waals surface area contributed by atoms with Crippen molar-refractivity contribution in [2.45, 2.75) is 45.3 Å². The van der Waals surface area contributed by atoms with E-state index in [1.54, 1.807) is 0 Å². The monoisotopic (exact) mass is 351 g/mol. The predicted molar refractivity (Wildman–Crippen MR) is 92.9 cm³/mol. The number of halogens is 1. The van der Waals surface area contributed by atoms with E-state index in [9.17, 15) is 0 Å². The van der Waals surface area contributed by atoms with E-state index < -0.39 is 0 Å². The van der Waals surface area contributed by atoms with E-state index in [1.807, 2.05) is 0 Å². The van der Waals surface area contributed by atoms with Crippen LogP contribution in [0.5, 0.6) is 0 Å². The summed E-state index contributed by atoms with van der Waals surface area (Å²) >= 11 is 3.76. The molecule has 1 saturated carbocycles. The molecule has 0 aromatic heterocycles. The molecule has 0 unspecified atom stereocenters. The van der Waals surface area contributed by atoms with Gasteiger partial charge < -0.3 is 10.2 Å². The zero-order valence-electron chi connectivity index (χ0n) is 13.1. The van der Waals surface area contributed by atoms with Gasteiger partial charge in [0.2, 0.25) is 0 Å². The Bertz CT molecular complexity index is 477. The van der Waals surface area contributed by atoms with Crippen LogP contribution in [0.25, 0.3) is 0 Å². The van der Waals surface area contributed by atoms with E-state index in [1.165, 1.54) is 41.7 Å². The molecule has 1 saturated heterocycles. The van der Waals surface area contributed by atoms with E-state index >= 15 is 0 Å². The zero-order chi connectivity index (χ0) is 14.8. The van der Waals surface area contributed by atoms with Crippen molar-refractivity contribution in [3.8, 4) is 0 Å². The maximum absolute atomic E-state index is 3.76. The van der Waals surface area contributed by atoms with Crippen molar-refractivity contribution in [2.75, 3.05) is 31.1 Å². The average molecular weight is 352 g/mol. The van der Waals surface area contributed by atoms with Crippen molar-refractivity contribution in [2.24, 2.45) is 0 Å². The highest BCUT2D eigenvalue weighted by molar-refractivity contribution is 9.10. The van der Waals surface area contributed by atoms with Gasteiger partial charge in [0, 0.05) is 49.3 Å². The molecule has 1 aliphatic carbocycles. The van der Waals surface area contributed by atoms with Crippen LogP contribution in [0.15, 0.2) is 22.7 Å². The van der Waals surface area contributed by atoms with Gasteiger partial charge in [0.25, 0.3) is 0 Å². The number of benzene rings is 1. The standard InChI is InChI=1S/C17H26BrN3/c1-13(2)19-12-14-3-6-17(16(18)11-14)21-9-7-20(8-10-21)15-4-5-15/h3,6,11,13,15,19H,4-5,7-10,12H2,1-2H3. The third-order valence-corrected chi connectivity index (χ3v) is 5.08. The molecule has 21 heavy (non-hydrogen) atoms. The second-order valence-corrected chi connectivity index (χ2v) is 7.43. The van der Waals surface area contributed by atoms with E-state index in [4.69, 9.17) is 0 Å². The Labute approximate surface area is 136 Å². The number of anilines is 1. The van der Waals surface area contributed by atoms with Crippen molar-refractivity contribution < 1.29 is 0 Å². The Morgan fingerprint density at radius 3 is 2.48 bits per heavy atom. The van der Waals surface area contributed by atoms with Crippen molar-refractivity contribution in [1.82, 2.24) is 10.2 Å². The molecule has 0 amide bonds. The van der Waals surface area contributed by atoms with Crippen LogP contribution in [-0.4, -0.2) is 43.2 Å². The summed E-state index contributed by atoms with van der Waals surface area (Å²) in [4.78, 5) is 5.17. The summed E-state index contributed by atoms with van der Waals surface area (Å²) in [6, 6.07) is 8.22. The van der Waals surface area contributed by atoms with E-state index in [0.29, 0.717) is 6.04 Å². The average Bonchev–Trinajstić information content (AvgIpc) is 3.30. The van der Waals surface area contributed by atoms with Gasteiger partial charge in [0.1, 0.15) is 0 Å². The van der Waals surface area contributed by atoms with Crippen molar-refractivity contribution in [3.05, 3.63) is 28.2 Å². The van der Waals surface area contributed by atoms with Gasteiger partial charge in [-0.25, -0.2) is 0 Å². The molecule has 2 fully saturated rings. The Morgan fingerprint density at radius 1 is 1.19 bits per heavy atom. The van der Waals surface area contributed by atoms with Gasteiger partial charge in [-0.15, -0.1) is 0 Å². The topological polar surface area (TPSA) is 18.5 Å².